The fourth-order valence-electron chi connectivity index (χ4n) is 1.59. The average Bonchev–Trinajstić information content (AvgIpc) is 2.85. The van der Waals surface area contributed by atoms with E-state index in [0.29, 0.717) is 17.3 Å². The molecule has 20 heavy (non-hydrogen) atoms. The number of hydrogen-bond acceptors (Lipinski definition) is 5. The van der Waals surface area contributed by atoms with E-state index in [4.69, 9.17) is 0 Å². The van der Waals surface area contributed by atoms with Crippen LogP contribution >= 0.6 is 11.3 Å². The van der Waals surface area contributed by atoms with Crippen molar-refractivity contribution in [1.29, 1.82) is 0 Å². The zero-order valence-electron chi connectivity index (χ0n) is 12.7. The maximum Gasteiger partial charge on any atom is 0.252 e. The van der Waals surface area contributed by atoms with Gasteiger partial charge < -0.3 is 10.2 Å². The molecule has 1 rings (SSSR count). The van der Waals surface area contributed by atoms with E-state index in [0.717, 1.165) is 24.4 Å². The smallest absolute Gasteiger partial charge is 0.252 e. The summed E-state index contributed by atoms with van der Waals surface area (Å²) >= 11 is 1.35. The van der Waals surface area contributed by atoms with E-state index in [1.165, 1.54) is 15.6 Å². The summed E-state index contributed by atoms with van der Waals surface area (Å²) in [5.74, 6) is 0. The molecule has 0 aliphatic rings. The van der Waals surface area contributed by atoms with Crippen LogP contribution in [0.2, 0.25) is 0 Å². The lowest BCUT2D eigenvalue weighted by molar-refractivity contribution is 0.359. The Morgan fingerprint density at radius 2 is 1.90 bits per heavy atom. The first-order chi connectivity index (χ1) is 9.37. The van der Waals surface area contributed by atoms with Crippen LogP contribution in [0.15, 0.2) is 16.3 Å². The number of nitrogens with zero attached hydrogens (tertiary/aromatic N) is 2. The molecule has 1 aromatic heterocycles. The number of likely N-dealkylation sites (N-methyl/N-ethyl adjacent to an activating group) is 2. The first kappa shape index (κ1) is 17.6. The van der Waals surface area contributed by atoms with Gasteiger partial charge in [0.2, 0.25) is 0 Å². The summed E-state index contributed by atoms with van der Waals surface area (Å²) in [5.41, 5.74) is 0. The summed E-state index contributed by atoms with van der Waals surface area (Å²) in [5, 5.41) is 3.28. The standard InChI is InChI=1S/C13H25N3O2S2/c1-5-8-14-11-12-6-7-13(19-12)20(17,18)16(4)10-9-15(2)3/h6-7,14H,5,8-11H2,1-4H3. The molecule has 0 aliphatic carbocycles. The molecule has 0 amide bonds. The van der Waals surface area contributed by atoms with E-state index in [1.54, 1.807) is 13.1 Å². The Bertz CT molecular complexity index is 497. The zero-order chi connectivity index (χ0) is 15.2. The van der Waals surface area contributed by atoms with Crippen LogP contribution in [0.5, 0.6) is 0 Å². The Morgan fingerprint density at radius 1 is 1.20 bits per heavy atom. The van der Waals surface area contributed by atoms with Gasteiger partial charge in [-0.2, -0.15) is 4.31 Å². The Hall–Kier alpha value is -0.470. The normalized spacial score (nSPS) is 12.5. The van der Waals surface area contributed by atoms with Crippen LogP contribution < -0.4 is 5.32 Å². The van der Waals surface area contributed by atoms with Crippen molar-refractivity contribution in [2.24, 2.45) is 0 Å². The number of sulfonamides is 1. The highest BCUT2D eigenvalue weighted by atomic mass is 32.2. The molecule has 1 aromatic rings. The molecular formula is C13H25N3O2S2. The third-order valence-corrected chi connectivity index (χ3v) is 6.30. The molecule has 0 fully saturated rings. The van der Waals surface area contributed by atoms with Gasteiger partial charge in [0.05, 0.1) is 0 Å². The van der Waals surface area contributed by atoms with Gasteiger partial charge in [-0.1, -0.05) is 6.92 Å². The van der Waals surface area contributed by atoms with Crippen molar-refractivity contribution in [3.8, 4) is 0 Å². The second-order valence-corrected chi connectivity index (χ2v) is 8.47. The zero-order valence-corrected chi connectivity index (χ0v) is 14.4. The second kappa shape index (κ2) is 8.09. The molecule has 1 N–H and O–H groups in total. The Kier molecular flexibility index (Phi) is 7.11. The summed E-state index contributed by atoms with van der Waals surface area (Å²) in [6, 6.07) is 3.59. The Morgan fingerprint density at radius 3 is 2.50 bits per heavy atom. The highest BCUT2D eigenvalue weighted by Gasteiger charge is 2.22. The first-order valence-corrected chi connectivity index (χ1v) is 9.04. The van der Waals surface area contributed by atoms with Gasteiger partial charge in [0.25, 0.3) is 10.0 Å². The second-order valence-electron chi connectivity index (χ2n) is 5.03. The fourth-order valence-corrected chi connectivity index (χ4v) is 4.29. The summed E-state index contributed by atoms with van der Waals surface area (Å²) in [7, 11) is 2.15. The van der Waals surface area contributed by atoms with Crippen LogP contribution in [0.25, 0.3) is 0 Å². The molecule has 0 bridgehead atoms. The summed E-state index contributed by atoms with van der Waals surface area (Å²) in [6.45, 7) is 5.00. The van der Waals surface area contributed by atoms with Crippen LogP contribution in [0.1, 0.15) is 18.2 Å². The van der Waals surface area contributed by atoms with Crippen LogP contribution in [0.4, 0.5) is 0 Å². The fraction of sp³-hybridized carbons (Fsp3) is 0.692. The van der Waals surface area contributed by atoms with E-state index in [-0.39, 0.29) is 0 Å². The molecule has 5 nitrogen and oxygen atoms in total. The highest BCUT2D eigenvalue weighted by Crippen LogP contribution is 2.24. The predicted octanol–water partition coefficient (Wildman–Crippen LogP) is 1.43. The molecule has 7 heteroatoms. The minimum atomic E-state index is -3.35. The molecule has 0 aromatic carbocycles. The molecular weight excluding hydrogens is 294 g/mol. The number of thiophene rings is 1. The molecule has 0 saturated carbocycles. The van der Waals surface area contributed by atoms with Crippen molar-refractivity contribution in [3.05, 3.63) is 17.0 Å². The van der Waals surface area contributed by atoms with Crippen molar-refractivity contribution in [3.63, 3.8) is 0 Å². The van der Waals surface area contributed by atoms with Gasteiger partial charge in [-0.05, 0) is 39.2 Å². The van der Waals surface area contributed by atoms with Gasteiger partial charge >= 0.3 is 0 Å². The summed E-state index contributed by atoms with van der Waals surface area (Å²) in [6.07, 6.45) is 1.07. The molecule has 0 spiro atoms. The van der Waals surface area contributed by atoms with Crippen LogP contribution in [-0.4, -0.2) is 58.4 Å². The monoisotopic (exact) mass is 319 g/mol. The molecule has 0 atom stereocenters. The SMILES string of the molecule is CCCNCc1ccc(S(=O)(=O)N(C)CCN(C)C)s1. The molecule has 0 unspecified atom stereocenters. The van der Waals surface area contributed by atoms with Crippen molar-refractivity contribution in [1.82, 2.24) is 14.5 Å². The summed E-state index contributed by atoms with van der Waals surface area (Å²) in [4.78, 5) is 3.03. The van der Waals surface area contributed by atoms with Crippen LogP contribution in [-0.2, 0) is 16.6 Å². The van der Waals surface area contributed by atoms with Crippen molar-refractivity contribution >= 4 is 21.4 Å². The predicted molar refractivity (Wildman–Crippen MR) is 84.7 cm³/mol. The van der Waals surface area contributed by atoms with Gasteiger partial charge in [-0.15, -0.1) is 11.3 Å². The number of nitrogens with one attached hydrogen (secondary N) is 1. The minimum absolute atomic E-state index is 0.423. The van der Waals surface area contributed by atoms with Gasteiger partial charge in [-0.25, -0.2) is 8.42 Å². The van der Waals surface area contributed by atoms with Gasteiger partial charge in [0.15, 0.2) is 0 Å². The van der Waals surface area contributed by atoms with E-state index in [9.17, 15) is 8.42 Å². The van der Waals surface area contributed by atoms with Crippen molar-refractivity contribution < 1.29 is 8.42 Å². The quantitative estimate of drug-likeness (QED) is 0.700. The third-order valence-electron chi connectivity index (χ3n) is 2.89. The molecule has 0 saturated heterocycles. The summed E-state index contributed by atoms with van der Waals surface area (Å²) < 4.78 is 26.6. The topological polar surface area (TPSA) is 52.7 Å². The molecule has 1 heterocycles. The lowest BCUT2D eigenvalue weighted by Gasteiger charge is -2.18. The third kappa shape index (κ3) is 5.14. The molecule has 0 radical (unpaired) electrons. The average molecular weight is 319 g/mol. The maximum absolute atomic E-state index is 12.4. The van der Waals surface area contributed by atoms with Crippen molar-refractivity contribution in [2.45, 2.75) is 24.1 Å². The van der Waals surface area contributed by atoms with Gasteiger partial charge in [0.1, 0.15) is 4.21 Å². The maximum atomic E-state index is 12.4. The minimum Gasteiger partial charge on any atom is -0.312 e. The van der Waals surface area contributed by atoms with E-state index < -0.39 is 10.0 Å². The first-order valence-electron chi connectivity index (χ1n) is 6.78. The lowest BCUT2D eigenvalue weighted by atomic mass is 10.4. The Labute approximate surface area is 126 Å². The number of rotatable bonds is 9. The van der Waals surface area contributed by atoms with Crippen LogP contribution in [0, 0.1) is 0 Å². The molecule has 0 aliphatic heterocycles. The van der Waals surface area contributed by atoms with E-state index >= 15 is 0 Å². The van der Waals surface area contributed by atoms with Gasteiger partial charge in [-0.3, -0.25) is 0 Å². The van der Waals surface area contributed by atoms with Crippen molar-refractivity contribution in [2.75, 3.05) is 40.8 Å². The Balaban J connectivity index is 2.67. The van der Waals surface area contributed by atoms with E-state index in [1.807, 2.05) is 25.1 Å². The highest BCUT2D eigenvalue weighted by molar-refractivity contribution is 7.91. The number of hydrogen-bond donors (Lipinski definition) is 1. The van der Waals surface area contributed by atoms with Gasteiger partial charge in [0, 0.05) is 31.6 Å². The molecule has 116 valence electrons. The lowest BCUT2D eigenvalue weighted by Crippen LogP contribution is -2.33. The van der Waals surface area contributed by atoms with Crippen LogP contribution in [0.3, 0.4) is 0 Å². The van der Waals surface area contributed by atoms with E-state index in [2.05, 4.69) is 12.2 Å². The largest absolute Gasteiger partial charge is 0.312 e.